The minimum Gasteiger partial charge on any atom is -0.461 e. The van der Waals surface area contributed by atoms with Crippen molar-refractivity contribution >= 4 is 35.4 Å². The summed E-state index contributed by atoms with van der Waals surface area (Å²) < 4.78 is 6.40. The fourth-order valence-corrected chi connectivity index (χ4v) is 9.21. The van der Waals surface area contributed by atoms with E-state index in [1.165, 1.54) is 11.8 Å². The van der Waals surface area contributed by atoms with Gasteiger partial charge in [0, 0.05) is 41.3 Å². The van der Waals surface area contributed by atoms with Crippen molar-refractivity contribution in [3.63, 3.8) is 0 Å². The zero-order chi connectivity index (χ0) is 32.3. The van der Waals surface area contributed by atoms with Crippen LogP contribution >= 0.6 is 11.8 Å². The van der Waals surface area contributed by atoms with E-state index in [0.717, 1.165) is 24.2 Å². The molecule has 11 heteroatoms. The average molecular weight is 630 g/mol. The monoisotopic (exact) mass is 629 g/mol. The number of benzene rings is 1. The van der Waals surface area contributed by atoms with Gasteiger partial charge in [0.25, 0.3) is 5.91 Å². The Labute approximate surface area is 265 Å². The fraction of sp³-hybridized carbons (Fsp3) is 0.697. The van der Waals surface area contributed by atoms with Crippen LogP contribution in [0.2, 0.25) is 0 Å². The van der Waals surface area contributed by atoms with Crippen LogP contribution in [0.4, 0.5) is 0 Å². The number of Topliss-reactive ketones (excluding diaryl/α,β-unsaturated/α-hetero) is 1. The summed E-state index contributed by atoms with van der Waals surface area (Å²) in [6.45, 7) is 9.90. The minimum atomic E-state index is -0.718. The van der Waals surface area contributed by atoms with Crippen molar-refractivity contribution < 1.29 is 24.2 Å². The standard InChI is InChI=1S/C33H51N5O5S/c1-20-10-12-33-13-11-24(39)27(33)32(20,4)25(18-31(3,28(41)21(33)2)14-17-38-30(35)36)43-26(40)19-44-23-8-6-22(7-9-23)29(42)37-16-5-15-34/h6-9,20-21,25,27-28,41H,5,10-19,34H2,1-4H3,(H,37,42)(H4,35,36,38)/t20-,21+,25-,27+,28+,31+,32+,33+/m1/s1. The van der Waals surface area contributed by atoms with Gasteiger partial charge in [0.2, 0.25) is 0 Å². The van der Waals surface area contributed by atoms with E-state index in [-0.39, 0.29) is 52.5 Å². The number of carbonyl (C=O) groups excluding carboxylic acids is 3. The van der Waals surface area contributed by atoms with Crippen LogP contribution in [0.3, 0.4) is 0 Å². The second kappa shape index (κ2) is 13.8. The number of nitrogens with two attached hydrogens (primary N) is 2. The molecule has 1 aromatic carbocycles. The molecule has 0 heterocycles. The summed E-state index contributed by atoms with van der Waals surface area (Å²) in [7, 11) is 0. The Kier molecular flexibility index (Phi) is 10.7. The van der Waals surface area contributed by atoms with Gasteiger partial charge in [-0.2, -0.15) is 0 Å². The molecule has 1 aromatic rings. The molecule has 3 fully saturated rings. The van der Waals surface area contributed by atoms with Crippen molar-refractivity contribution in [3.05, 3.63) is 29.8 Å². The maximum atomic E-state index is 13.7. The largest absolute Gasteiger partial charge is 0.461 e. The zero-order valence-corrected chi connectivity index (χ0v) is 27.4. The normalized spacial score (nSPS) is 34.8. The Balaban J connectivity index is 1.56. The highest BCUT2D eigenvalue weighted by atomic mass is 32.2. The first-order valence-corrected chi connectivity index (χ1v) is 17.0. The third kappa shape index (κ3) is 6.65. The number of thioether (sulfide) groups is 1. The molecule has 3 saturated carbocycles. The molecule has 0 aromatic heterocycles. The van der Waals surface area contributed by atoms with Gasteiger partial charge in [-0.15, -0.1) is 11.8 Å². The molecule has 4 rings (SSSR count). The van der Waals surface area contributed by atoms with Crippen LogP contribution in [0.1, 0.15) is 83.0 Å². The van der Waals surface area contributed by atoms with Crippen LogP contribution in [-0.2, 0) is 14.3 Å². The van der Waals surface area contributed by atoms with Gasteiger partial charge < -0.3 is 31.9 Å². The van der Waals surface area contributed by atoms with Crippen molar-refractivity contribution in [3.8, 4) is 0 Å². The number of guanidine groups is 1. The number of amides is 1. The first-order valence-electron chi connectivity index (χ1n) is 16.0. The highest BCUT2D eigenvalue weighted by molar-refractivity contribution is 8.00. The van der Waals surface area contributed by atoms with Gasteiger partial charge in [-0.3, -0.25) is 19.8 Å². The lowest BCUT2D eigenvalue weighted by Crippen LogP contribution is -2.63. The van der Waals surface area contributed by atoms with E-state index in [9.17, 15) is 19.5 Å². The van der Waals surface area contributed by atoms with E-state index < -0.39 is 23.0 Å². The number of aliphatic hydroxyl groups is 1. The van der Waals surface area contributed by atoms with Crippen LogP contribution in [0, 0.1) is 39.4 Å². The summed E-state index contributed by atoms with van der Waals surface area (Å²) in [5.41, 5.74) is 10.0. The predicted octanol–water partition coefficient (Wildman–Crippen LogP) is 3.45. The lowest BCUT2D eigenvalue weighted by atomic mass is 9.43. The molecule has 3 aliphatic rings. The van der Waals surface area contributed by atoms with Gasteiger partial charge in [0.15, 0.2) is 5.96 Å². The molecule has 3 aliphatic carbocycles. The van der Waals surface area contributed by atoms with E-state index in [4.69, 9.17) is 21.6 Å². The molecule has 0 aliphatic heterocycles. The second-order valence-corrected chi connectivity index (χ2v) is 14.9. The zero-order valence-electron chi connectivity index (χ0n) is 26.6. The van der Waals surface area contributed by atoms with Crippen molar-refractivity contribution in [1.82, 2.24) is 10.6 Å². The Morgan fingerprint density at radius 2 is 1.84 bits per heavy atom. The predicted molar refractivity (Wildman–Crippen MR) is 172 cm³/mol. The highest BCUT2D eigenvalue weighted by Gasteiger charge is 2.68. The van der Waals surface area contributed by atoms with Crippen LogP contribution in [0.15, 0.2) is 29.2 Å². The lowest BCUT2D eigenvalue weighted by Gasteiger charge is -2.62. The molecule has 0 radical (unpaired) electrons. The Morgan fingerprint density at radius 3 is 2.50 bits per heavy atom. The van der Waals surface area contributed by atoms with Gasteiger partial charge in [0.1, 0.15) is 11.9 Å². The number of ketones is 1. The molecule has 8 atom stereocenters. The lowest BCUT2D eigenvalue weighted by molar-refractivity contribution is -0.211. The smallest absolute Gasteiger partial charge is 0.316 e. The van der Waals surface area contributed by atoms with Crippen molar-refractivity contribution in [2.45, 2.75) is 89.7 Å². The summed E-state index contributed by atoms with van der Waals surface area (Å²) in [6, 6.07) is 7.11. The molecular weight excluding hydrogens is 578 g/mol. The minimum absolute atomic E-state index is 0.0777. The molecule has 0 saturated heterocycles. The van der Waals surface area contributed by atoms with Gasteiger partial charge in [-0.1, -0.05) is 27.7 Å². The van der Waals surface area contributed by atoms with Gasteiger partial charge >= 0.3 is 5.97 Å². The summed E-state index contributed by atoms with van der Waals surface area (Å²) in [5, 5.41) is 25.3. The quantitative estimate of drug-likeness (QED) is 0.0702. The van der Waals surface area contributed by atoms with Crippen LogP contribution in [0.5, 0.6) is 0 Å². The van der Waals surface area contributed by atoms with Gasteiger partial charge in [0.05, 0.1) is 11.9 Å². The van der Waals surface area contributed by atoms with Crippen molar-refractivity contribution in [2.24, 2.45) is 45.5 Å². The number of rotatable bonds is 11. The molecule has 1 amide bonds. The first-order chi connectivity index (χ1) is 20.8. The highest BCUT2D eigenvalue weighted by Crippen LogP contribution is 2.68. The maximum absolute atomic E-state index is 13.7. The van der Waals surface area contributed by atoms with Crippen LogP contribution in [-0.4, -0.2) is 66.3 Å². The third-order valence-electron chi connectivity index (χ3n) is 11.3. The SMILES string of the molecule is C[C@@H]1CC[C@@]23CCC(=O)[C@H]2[C@]1(C)[C@H](OC(=O)CSc1ccc(C(=O)NCCCN)cc1)C[C@](C)(CCNC(=N)N)[C@@H](O)[C@@H]3C. The summed E-state index contributed by atoms with van der Waals surface area (Å²) in [4.78, 5) is 40.4. The number of ether oxygens (including phenoxy) is 1. The molecule has 244 valence electrons. The van der Waals surface area contributed by atoms with E-state index in [0.29, 0.717) is 50.9 Å². The molecular formula is C33H51N5O5S. The molecule has 0 spiro atoms. The summed E-state index contributed by atoms with van der Waals surface area (Å²) in [5.74, 6) is -0.590. The Morgan fingerprint density at radius 1 is 1.14 bits per heavy atom. The molecule has 2 bridgehead atoms. The van der Waals surface area contributed by atoms with E-state index in [2.05, 4.69) is 31.4 Å². The van der Waals surface area contributed by atoms with E-state index >= 15 is 0 Å². The Bertz CT molecular complexity index is 1230. The number of hydrogen-bond donors (Lipinski definition) is 6. The maximum Gasteiger partial charge on any atom is 0.316 e. The molecule has 8 N–H and O–H groups in total. The third-order valence-corrected chi connectivity index (χ3v) is 12.3. The number of carbonyl (C=O) groups is 3. The van der Waals surface area contributed by atoms with Crippen LogP contribution in [0.25, 0.3) is 0 Å². The fourth-order valence-electron chi connectivity index (χ4n) is 8.53. The number of esters is 1. The summed E-state index contributed by atoms with van der Waals surface area (Å²) in [6.07, 6.45) is 3.39. The number of nitrogens with one attached hydrogen (secondary N) is 3. The molecule has 44 heavy (non-hydrogen) atoms. The van der Waals surface area contributed by atoms with Crippen molar-refractivity contribution in [2.75, 3.05) is 25.4 Å². The number of aliphatic hydroxyl groups excluding tert-OH is 1. The first kappa shape index (κ1) is 34.2. The van der Waals surface area contributed by atoms with Gasteiger partial charge in [-0.05, 0) is 92.0 Å². The summed E-state index contributed by atoms with van der Waals surface area (Å²) >= 11 is 1.34. The number of hydrogen-bond acceptors (Lipinski definition) is 8. The second-order valence-electron chi connectivity index (χ2n) is 13.8. The Hall–Kier alpha value is -2.63. The topological polar surface area (TPSA) is 181 Å². The van der Waals surface area contributed by atoms with Gasteiger partial charge in [-0.25, -0.2) is 0 Å². The van der Waals surface area contributed by atoms with E-state index in [1.54, 1.807) is 12.1 Å². The van der Waals surface area contributed by atoms with Crippen LogP contribution < -0.4 is 22.1 Å². The average Bonchev–Trinajstić information content (AvgIpc) is 3.34. The van der Waals surface area contributed by atoms with E-state index in [1.807, 2.05) is 19.1 Å². The molecule has 0 unspecified atom stereocenters. The van der Waals surface area contributed by atoms with Crippen molar-refractivity contribution in [1.29, 1.82) is 5.41 Å². The molecule has 10 nitrogen and oxygen atoms in total.